The second-order valence-electron chi connectivity index (χ2n) is 6.36. The monoisotopic (exact) mass is 428 g/mol. The van der Waals surface area contributed by atoms with E-state index in [1.165, 1.54) is 11.3 Å². The van der Waals surface area contributed by atoms with E-state index in [1.807, 2.05) is 18.4 Å². The van der Waals surface area contributed by atoms with E-state index in [0.717, 1.165) is 37.2 Å². The van der Waals surface area contributed by atoms with Crippen LogP contribution in [0.25, 0.3) is 0 Å². The Hall–Kier alpha value is -1.38. The van der Waals surface area contributed by atoms with E-state index in [2.05, 4.69) is 20.9 Å². The summed E-state index contributed by atoms with van der Waals surface area (Å²) < 4.78 is 6.07. The van der Waals surface area contributed by atoms with Crippen LogP contribution in [0.15, 0.2) is 23.6 Å². The molecule has 27 heavy (non-hydrogen) atoms. The molecule has 2 heterocycles. The summed E-state index contributed by atoms with van der Waals surface area (Å²) in [5.74, 6) is 0. The van der Waals surface area contributed by atoms with Crippen LogP contribution in [-0.2, 0) is 11.3 Å². The molecule has 146 valence electrons. The van der Waals surface area contributed by atoms with Gasteiger partial charge in [-0.1, -0.05) is 29.3 Å². The predicted octanol–water partition coefficient (Wildman–Crippen LogP) is 4.60. The van der Waals surface area contributed by atoms with E-state index in [1.54, 1.807) is 12.1 Å². The van der Waals surface area contributed by atoms with Crippen LogP contribution >= 0.6 is 34.5 Å². The molecule has 1 fully saturated rings. The van der Waals surface area contributed by atoms with Crippen molar-refractivity contribution in [2.75, 3.05) is 18.4 Å². The van der Waals surface area contributed by atoms with Crippen molar-refractivity contribution in [3.8, 4) is 0 Å². The molecule has 3 N–H and O–H groups in total. The summed E-state index contributed by atoms with van der Waals surface area (Å²) in [6, 6.07) is 4.92. The Morgan fingerprint density at radius 3 is 2.89 bits per heavy atom. The number of amides is 2. The molecule has 0 bridgehead atoms. The van der Waals surface area contributed by atoms with Crippen molar-refractivity contribution >= 4 is 45.7 Å². The summed E-state index contributed by atoms with van der Waals surface area (Å²) in [7, 11) is 0. The zero-order valence-electron chi connectivity index (χ0n) is 14.9. The molecule has 1 atom stereocenters. The third-order valence-electron chi connectivity index (χ3n) is 4.28. The highest BCUT2D eigenvalue weighted by molar-refractivity contribution is 7.13. The van der Waals surface area contributed by atoms with Gasteiger partial charge in [0.2, 0.25) is 0 Å². The van der Waals surface area contributed by atoms with Crippen molar-refractivity contribution in [2.24, 2.45) is 0 Å². The highest BCUT2D eigenvalue weighted by Gasteiger charge is 2.19. The summed E-state index contributed by atoms with van der Waals surface area (Å²) in [6.45, 7) is 4.31. The van der Waals surface area contributed by atoms with Crippen LogP contribution in [0, 0.1) is 0 Å². The van der Waals surface area contributed by atoms with Crippen LogP contribution in [0.4, 0.5) is 9.93 Å². The van der Waals surface area contributed by atoms with E-state index in [0.29, 0.717) is 21.7 Å². The molecule has 0 spiro atoms. The van der Waals surface area contributed by atoms with Crippen LogP contribution in [0.3, 0.4) is 0 Å². The zero-order valence-corrected chi connectivity index (χ0v) is 17.3. The van der Waals surface area contributed by atoms with Crippen LogP contribution in [-0.4, -0.2) is 30.2 Å². The van der Waals surface area contributed by atoms with Crippen LogP contribution in [0.2, 0.25) is 10.0 Å². The molecule has 0 aliphatic carbocycles. The molecular weight excluding hydrogens is 407 g/mol. The van der Waals surface area contributed by atoms with Crippen LogP contribution < -0.4 is 16.0 Å². The van der Waals surface area contributed by atoms with Gasteiger partial charge in [-0.3, -0.25) is 5.32 Å². The van der Waals surface area contributed by atoms with E-state index in [4.69, 9.17) is 27.9 Å². The van der Waals surface area contributed by atoms with Gasteiger partial charge < -0.3 is 15.4 Å². The Labute approximate surface area is 172 Å². The maximum atomic E-state index is 12.1. The molecule has 9 heteroatoms. The summed E-state index contributed by atoms with van der Waals surface area (Å²) in [6.07, 6.45) is 2.18. The van der Waals surface area contributed by atoms with Gasteiger partial charge in [0.25, 0.3) is 0 Å². The first-order valence-corrected chi connectivity index (χ1v) is 10.4. The Morgan fingerprint density at radius 2 is 2.15 bits per heavy atom. The first kappa shape index (κ1) is 20.4. The van der Waals surface area contributed by atoms with Gasteiger partial charge >= 0.3 is 6.03 Å². The first-order chi connectivity index (χ1) is 13.0. The minimum atomic E-state index is -0.325. The van der Waals surface area contributed by atoms with Gasteiger partial charge in [-0.25, -0.2) is 9.78 Å². The molecule has 3 rings (SSSR count). The smallest absolute Gasteiger partial charge is 0.321 e. The molecule has 1 aliphatic heterocycles. The number of urea groups is 1. The van der Waals surface area contributed by atoms with E-state index in [-0.39, 0.29) is 18.2 Å². The number of benzene rings is 1. The van der Waals surface area contributed by atoms with Gasteiger partial charge in [0.15, 0.2) is 5.13 Å². The lowest BCUT2D eigenvalue weighted by atomic mass is 10.1. The zero-order chi connectivity index (χ0) is 19.2. The van der Waals surface area contributed by atoms with Gasteiger partial charge in [0.1, 0.15) is 0 Å². The number of aromatic nitrogens is 1. The minimum Gasteiger partial charge on any atom is -0.369 e. The fourth-order valence-corrected chi connectivity index (χ4v) is 3.90. The van der Waals surface area contributed by atoms with Crippen LogP contribution in [0.1, 0.15) is 37.1 Å². The predicted molar refractivity (Wildman–Crippen MR) is 110 cm³/mol. The molecule has 1 aromatic carbocycles. The topological polar surface area (TPSA) is 75.3 Å². The number of rotatable bonds is 6. The average Bonchev–Trinajstić information content (AvgIpc) is 3.12. The number of piperidine rings is 1. The number of halogens is 2. The number of hydrogen-bond donors (Lipinski definition) is 3. The standard InChI is InChI=1S/C18H22Cl2N4O2S/c1-11(26-13-4-6-21-7-5-13)16-10-27-18(23-16)24-17(25)22-9-12-2-3-14(19)15(20)8-12/h2-3,8,10-11,13,21H,4-7,9H2,1H3,(H2,22,23,24,25). The van der Waals surface area contributed by atoms with E-state index >= 15 is 0 Å². The lowest BCUT2D eigenvalue weighted by Crippen LogP contribution is -2.33. The number of nitrogens with zero attached hydrogens (tertiary/aromatic N) is 1. The van der Waals surface area contributed by atoms with Crippen molar-refractivity contribution in [1.82, 2.24) is 15.6 Å². The van der Waals surface area contributed by atoms with Gasteiger partial charge in [-0.15, -0.1) is 11.3 Å². The van der Waals surface area contributed by atoms with Gasteiger partial charge in [-0.2, -0.15) is 0 Å². The van der Waals surface area contributed by atoms with Crippen LogP contribution in [0.5, 0.6) is 0 Å². The fourth-order valence-electron chi connectivity index (χ4n) is 2.79. The first-order valence-electron chi connectivity index (χ1n) is 8.81. The average molecular weight is 429 g/mol. The molecule has 0 saturated carbocycles. The molecule has 1 unspecified atom stereocenters. The Morgan fingerprint density at radius 1 is 1.37 bits per heavy atom. The van der Waals surface area contributed by atoms with Gasteiger partial charge in [-0.05, 0) is 50.6 Å². The molecule has 2 aromatic rings. The summed E-state index contributed by atoms with van der Waals surface area (Å²) in [5, 5.41) is 12.3. The molecule has 1 aromatic heterocycles. The quantitative estimate of drug-likeness (QED) is 0.628. The van der Waals surface area contributed by atoms with Gasteiger partial charge in [0.05, 0.1) is 27.9 Å². The van der Waals surface area contributed by atoms with Gasteiger partial charge in [0, 0.05) is 11.9 Å². The highest BCUT2D eigenvalue weighted by Crippen LogP contribution is 2.26. The number of thiazole rings is 1. The molecule has 6 nitrogen and oxygen atoms in total. The number of anilines is 1. The minimum absolute atomic E-state index is 0.0980. The third-order valence-corrected chi connectivity index (χ3v) is 5.79. The second-order valence-corrected chi connectivity index (χ2v) is 8.03. The highest BCUT2D eigenvalue weighted by atomic mass is 35.5. The maximum Gasteiger partial charge on any atom is 0.321 e. The summed E-state index contributed by atoms with van der Waals surface area (Å²) in [5.41, 5.74) is 1.70. The molecule has 1 aliphatic rings. The van der Waals surface area contributed by atoms with Crippen molar-refractivity contribution in [3.05, 3.63) is 44.9 Å². The molecule has 1 saturated heterocycles. The number of hydrogen-bond acceptors (Lipinski definition) is 5. The summed E-state index contributed by atoms with van der Waals surface area (Å²) >= 11 is 13.2. The summed E-state index contributed by atoms with van der Waals surface area (Å²) in [4.78, 5) is 16.5. The Bertz CT molecular complexity index is 780. The normalized spacial score (nSPS) is 16.1. The van der Waals surface area contributed by atoms with Crippen molar-refractivity contribution in [1.29, 1.82) is 0 Å². The van der Waals surface area contributed by atoms with E-state index in [9.17, 15) is 4.79 Å². The second kappa shape index (κ2) is 9.71. The number of nitrogens with one attached hydrogen (secondary N) is 3. The lowest BCUT2D eigenvalue weighted by molar-refractivity contribution is -0.0203. The maximum absolute atomic E-state index is 12.1. The Balaban J connectivity index is 1.47. The number of ether oxygens (including phenoxy) is 1. The Kier molecular flexibility index (Phi) is 7.32. The van der Waals surface area contributed by atoms with Crippen molar-refractivity contribution in [2.45, 2.75) is 38.5 Å². The van der Waals surface area contributed by atoms with E-state index < -0.39 is 0 Å². The largest absolute Gasteiger partial charge is 0.369 e. The van der Waals surface area contributed by atoms with Crippen molar-refractivity contribution in [3.63, 3.8) is 0 Å². The lowest BCUT2D eigenvalue weighted by Gasteiger charge is -2.25. The molecule has 0 radical (unpaired) electrons. The molecule has 2 amide bonds. The molecular formula is C18H22Cl2N4O2S. The fraction of sp³-hybridized carbons (Fsp3) is 0.444. The number of carbonyl (C=O) groups is 1. The van der Waals surface area contributed by atoms with Crippen molar-refractivity contribution < 1.29 is 9.53 Å². The number of carbonyl (C=O) groups excluding carboxylic acids is 1. The SMILES string of the molecule is CC(OC1CCNCC1)c1csc(NC(=O)NCc2ccc(Cl)c(Cl)c2)n1. The third kappa shape index (κ3) is 6.05.